The van der Waals surface area contributed by atoms with Crippen LogP contribution in [-0.4, -0.2) is 14.9 Å². The van der Waals surface area contributed by atoms with Gasteiger partial charge in [0.15, 0.2) is 0 Å². The maximum Gasteiger partial charge on any atom is 0.368 e. The Morgan fingerprint density at radius 1 is 1.07 bits per heavy atom. The van der Waals surface area contributed by atoms with Gasteiger partial charge in [0, 0.05) is 44.6 Å². The van der Waals surface area contributed by atoms with Crippen LogP contribution in [0, 0.1) is 0 Å². The molecule has 1 unspecified atom stereocenters. The zero-order valence-corrected chi connectivity index (χ0v) is 18.2. The maximum absolute atomic E-state index is 12.5. The van der Waals surface area contributed by atoms with Crippen LogP contribution in [0.2, 0.25) is 20.1 Å². The van der Waals surface area contributed by atoms with E-state index in [4.69, 9.17) is 51.1 Å². The lowest BCUT2D eigenvalue weighted by Crippen LogP contribution is -2.09. The van der Waals surface area contributed by atoms with Crippen molar-refractivity contribution in [3.8, 4) is 0 Å². The number of hydrogen-bond donors (Lipinski definition) is 0. The van der Waals surface area contributed by atoms with Gasteiger partial charge >= 0.3 is 5.30 Å². The third kappa shape index (κ3) is 5.82. The largest absolute Gasteiger partial charge is 0.453 e. The number of nitrogens with zero attached hydrogens (tertiary/aromatic N) is 2. The second-order valence-electron chi connectivity index (χ2n) is 5.81. The van der Waals surface area contributed by atoms with Crippen LogP contribution in [0.1, 0.15) is 16.4 Å². The van der Waals surface area contributed by atoms with Gasteiger partial charge in [0.1, 0.15) is 6.61 Å². The number of aromatic nitrogens is 2. The molecule has 1 heterocycles. The van der Waals surface area contributed by atoms with Crippen molar-refractivity contribution in [3.05, 3.63) is 86.3 Å². The molecule has 0 spiro atoms. The Hall–Kier alpha value is -1.37. The van der Waals surface area contributed by atoms with E-state index in [0.29, 0.717) is 32.2 Å². The highest BCUT2D eigenvalue weighted by Crippen LogP contribution is 2.37. The number of carbonyl (C=O) groups is 1. The van der Waals surface area contributed by atoms with Crippen LogP contribution in [0.5, 0.6) is 0 Å². The highest BCUT2D eigenvalue weighted by atomic mass is 35.5. The minimum Gasteiger partial charge on any atom is -0.453 e. The van der Waals surface area contributed by atoms with Crippen molar-refractivity contribution in [2.45, 2.75) is 18.4 Å². The molecule has 28 heavy (non-hydrogen) atoms. The molecule has 0 amide bonds. The number of hydrogen-bond acceptors (Lipinski definition) is 4. The van der Waals surface area contributed by atoms with E-state index in [2.05, 4.69) is 4.98 Å². The predicted octanol–water partition coefficient (Wildman–Crippen LogP) is 7.31. The first-order chi connectivity index (χ1) is 13.4. The zero-order chi connectivity index (χ0) is 20.1. The van der Waals surface area contributed by atoms with E-state index in [0.717, 1.165) is 17.3 Å². The molecule has 3 aromatic rings. The molecule has 4 nitrogen and oxygen atoms in total. The SMILES string of the molecule is O=C(OCc1ccc(Cl)cc1Cl)SC(Cn1ccnc1)c1ccc(Cl)cc1Cl. The van der Waals surface area contributed by atoms with Crippen LogP contribution in [0.15, 0.2) is 55.1 Å². The van der Waals surface area contributed by atoms with E-state index < -0.39 is 5.30 Å². The summed E-state index contributed by atoms with van der Waals surface area (Å²) < 4.78 is 7.25. The minimum absolute atomic E-state index is 0.0496. The van der Waals surface area contributed by atoms with Crippen LogP contribution < -0.4 is 0 Å². The molecule has 0 N–H and O–H groups in total. The molecule has 0 aliphatic carbocycles. The second-order valence-corrected chi connectivity index (χ2v) is 8.63. The summed E-state index contributed by atoms with van der Waals surface area (Å²) in [6, 6.07) is 10.2. The fourth-order valence-electron chi connectivity index (χ4n) is 2.47. The summed E-state index contributed by atoms with van der Waals surface area (Å²) >= 11 is 25.4. The summed E-state index contributed by atoms with van der Waals surface area (Å²) in [6.45, 7) is 0.538. The predicted molar refractivity (Wildman–Crippen MR) is 116 cm³/mol. The van der Waals surface area contributed by atoms with Gasteiger partial charge < -0.3 is 9.30 Å². The quantitative estimate of drug-likeness (QED) is 0.350. The molecular formula is C19H14Cl4N2O2S. The monoisotopic (exact) mass is 474 g/mol. The molecule has 3 rings (SSSR count). The Labute approximate surface area is 186 Å². The number of carbonyl (C=O) groups excluding carboxylic acids is 1. The average Bonchev–Trinajstić information content (AvgIpc) is 3.13. The molecule has 9 heteroatoms. The van der Waals surface area contributed by atoms with Crippen molar-refractivity contribution in [3.63, 3.8) is 0 Å². The molecule has 1 atom stereocenters. The van der Waals surface area contributed by atoms with Crippen molar-refractivity contribution in [1.29, 1.82) is 0 Å². The van der Waals surface area contributed by atoms with Crippen LogP contribution in [0.4, 0.5) is 4.79 Å². The van der Waals surface area contributed by atoms with Gasteiger partial charge in [0.25, 0.3) is 0 Å². The topological polar surface area (TPSA) is 44.1 Å². The molecule has 1 aromatic heterocycles. The molecule has 0 aliphatic heterocycles. The van der Waals surface area contributed by atoms with E-state index in [1.165, 1.54) is 0 Å². The Balaban J connectivity index is 1.72. The number of ether oxygens (including phenoxy) is 1. The van der Waals surface area contributed by atoms with Gasteiger partial charge in [-0.2, -0.15) is 0 Å². The number of rotatable bonds is 6. The normalized spacial score (nSPS) is 12.0. The van der Waals surface area contributed by atoms with E-state index >= 15 is 0 Å². The summed E-state index contributed by atoms with van der Waals surface area (Å²) in [5, 5.41) is 1.25. The lowest BCUT2D eigenvalue weighted by Gasteiger charge is -2.18. The fraction of sp³-hybridized carbons (Fsp3) is 0.158. The lowest BCUT2D eigenvalue weighted by molar-refractivity contribution is 0.168. The van der Waals surface area contributed by atoms with E-state index in [1.807, 2.05) is 16.8 Å². The average molecular weight is 476 g/mol. The Bertz CT molecular complexity index is 967. The molecule has 0 saturated heterocycles. The smallest absolute Gasteiger partial charge is 0.368 e. The number of imidazole rings is 1. The molecule has 0 saturated carbocycles. The Morgan fingerprint density at radius 3 is 2.43 bits per heavy atom. The third-order valence-electron chi connectivity index (χ3n) is 3.84. The Morgan fingerprint density at radius 2 is 1.79 bits per heavy atom. The summed E-state index contributed by atoms with van der Waals surface area (Å²) in [7, 11) is 0. The second kappa shape index (κ2) is 9.90. The van der Waals surface area contributed by atoms with E-state index in [-0.39, 0.29) is 11.9 Å². The summed E-state index contributed by atoms with van der Waals surface area (Å²) in [5.41, 5.74) is 1.46. The molecular weight excluding hydrogens is 462 g/mol. The highest BCUT2D eigenvalue weighted by Gasteiger charge is 2.21. The first-order valence-corrected chi connectivity index (χ1v) is 10.5. The van der Waals surface area contributed by atoms with Gasteiger partial charge in [-0.1, -0.05) is 58.5 Å². The van der Waals surface area contributed by atoms with Crippen LogP contribution in [-0.2, 0) is 17.9 Å². The third-order valence-corrected chi connectivity index (χ3v) is 5.99. The van der Waals surface area contributed by atoms with Gasteiger partial charge in [-0.3, -0.25) is 0 Å². The van der Waals surface area contributed by atoms with Gasteiger partial charge in [0.2, 0.25) is 0 Å². The molecule has 0 fully saturated rings. The molecule has 0 radical (unpaired) electrons. The number of benzene rings is 2. The molecule has 146 valence electrons. The minimum atomic E-state index is -0.442. The van der Waals surface area contributed by atoms with Crippen LogP contribution in [0.3, 0.4) is 0 Å². The van der Waals surface area contributed by atoms with Gasteiger partial charge in [-0.25, -0.2) is 9.78 Å². The fourth-order valence-corrected chi connectivity index (χ4v) is 4.48. The maximum atomic E-state index is 12.5. The van der Waals surface area contributed by atoms with Gasteiger partial charge in [-0.15, -0.1) is 0 Å². The molecule has 0 bridgehead atoms. The first-order valence-electron chi connectivity index (χ1n) is 8.10. The lowest BCUT2D eigenvalue weighted by atomic mass is 10.1. The van der Waals surface area contributed by atoms with Crippen molar-refractivity contribution >= 4 is 63.5 Å². The number of thioether (sulfide) groups is 1. The molecule has 2 aromatic carbocycles. The van der Waals surface area contributed by atoms with Crippen molar-refractivity contribution in [2.24, 2.45) is 0 Å². The van der Waals surface area contributed by atoms with Crippen molar-refractivity contribution in [2.75, 3.05) is 0 Å². The summed E-state index contributed by atoms with van der Waals surface area (Å²) in [5.74, 6) is 0. The van der Waals surface area contributed by atoms with E-state index in [1.54, 1.807) is 42.9 Å². The zero-order valence-electron chi connectivity index (χ0n) is 14.3. The van der Waals surface area contributed by atoms with Crippen molar-refractivity contribution < 1.29 is 9.53 Å². The first kappa shape index (κ1) is 21.3. The number of halogens is 4. The van der Waals surface area contributed by atoms with E-state index in [9.17, 15) is 4.79 Å². The summed E-state index contributed by atoms with van der Waals surface area (Å²) in [4.78, 5) is 16.5. The standard InChI is InChI=1S/C19H14Cl4N2O2S/c20-13-2-1-12(16(22)7-13)10-27-19(26)28-18(9-25-6-5-24-11-25)15-4-3-14(21)8-17(15)23/h1-8,11,18H,9-10H2. The Kier molecular flexibility index (Phi) is 7.55. The molecule has 0 aliphatic rings. The van der Waals surface area contributed by atoms with Crippen LogP contribution in [0.25, 0.3) is 0 Å². The van der Waals surface area contributed by atoms with Crippen molar-refractivity contribution in [1.82, 2.24) is 9.55 Å². The summed E-state index contributed by atoms with van der Waals surface area (Å²) in [6.07, 6.45) is 5.17. The van der Waals surface area contributed by atoms with Gasteiger partial charge in [0.05, 0.1) is 11.6 Å². The van der Waals surface area contributed by atoms with Gasteiger partial charge in [-0.05, 0) is 41.6 Å². The van der Waals surface area contributed by atoms with Crippen LogP contribution >= 0.6 is 58.2 Å². The highest BCUT2D eigenvalue weighted by molar-refractivity contribution is 8.13.